The molecule has 4 heterocycles. The number of alkyl halides is 3. The first-order chi connectivity index (χ1) is 42.8. The number of hydrogen-bond donors (Lipinski definition) is 0. The second-order valence-corrected chi connectivity index (χ2v) is 21.7. The molecule has 16 rings (SSSR count). The second kappa shape index (κ2) is 20.3. The summed E-state index contributed by atoms with van der Waals surface area (Å²) >= 11 is 0. The minimum atomic E-state index is -4.77. The zero-order valence-electron chi connectivity index (χ0n) is 46.3. The molecule has 87 heavy (non-hydrogen) atoms. The molecule has 0 bridgehead atoms. The molecule has 0 spiro atoms. The predicted octanol–water partition coefficient (Wildman–Crippen LogP) is 20.1. The summed E-state index contributed by atoms with van der Waals surface area (Å²) in [5.41, 5.74) is 12.8. The fraction of sp³-hybridized carbons (Fsp3) is 0.0130. The van der Waals surface area contributed by atoms with Crippen LogP contribution in [0.4, 0.5) is 13.2 Å². The molecule has 0 fully saturated rings. The molecule has 410 valence electrons. The average Bonchev–Trinajstić information content (AvgIpc) is 1.84. The molecule has 0 aliphatic carbocycles. The van der Waals surface area contributed by atoms with Gasteiger partial charge in [-0.1, -0.05) is 188 Å². The van der Waals surface area contributed by atoms with E-state index in [-0.39, 0.29) is 11.5 Å². The van der Waals surface area contributed by atoms with Crippen LogP contribution in [0.1, 0.15) is 11.1 Å². The number of para-hydroxylation sites is 5. The Balaban J connectivity index is 0.976. The van der Waals surface area contributed by atoms with Crippen LogP contribution in [0.5, 0.6) is 0 Å². The topological polar surface area (TPSA) is 77.2 Å². The maximum absolute atomic E-state index is 16.2. The van der Waals surface area contributed by atoms with E-state index >= 15 is 13.2 Å². The van der Waals surface area contributed by atoms with Gasteiger partial charge in [0.25, 0.3) is 0 Å². The third kappa shape index (κ3) is 8.47. The minimum Gasteiger partial charge on any atom is -0.309 e. The molecular formula is C77H46F3N7. The molecule has 7 nitrogen and oxygen atoms in total. The monoisotopic (exact) mass is 1130 g/mol. The van der Waals surface area contributed by atoms with Gasteiger partial charge >= 0.3 is 6.18 Å². The molecular weight excluding hydrogens is 1080 g/mol. The van der Waals surface area contributed by atoms with Crippen molar-refractivity contribution >= 4 is 65.4 Å². The summed E-state index contributed by atoms with van der Waals surface area (Å²) in [5.74, 6) is 0.930. The predicted molar refractivity (Wildman–Crippen MR) is 345 cm³/mol. The summed E-state index contributed by atoms with van der Waals surface area (Å²) in [5, 5.41) is 16.4. The Morgan fingerprint density at radius 1 is 0.299 bits per heavy atom. The summed E-state index contributed by atoms with van der Waals surface area (Å²) in [6, 6.07) is 93.1. The van der Waals surface area contributed by atoms with Crippen LogP contribution < -0.4 is 0 Å². The van der Waals surface area contributed by atoms with Gasteiger partial charge in [0, 0.05) is 60.1 Å². The van der Waals surface area contributed by atoms with Crippen molar-refractivity contribution in [3.8, 4) is 90.7 Å². The van der Waals surface area contributed by atoms with Gasteiger partial charge in [0.05, 0.1) is 67.4 Å². The van der Waals surface area contributed by atoms with Crippen molar-refractivity contribution in [2.24, 2.45) is 0 Å². The van der Waals surface area contributed by atoms with Crippen LogP contribution in [0, 0.1) is 11.3 Å². The van der Waals surface area contributed by atoms with Crippen LogP contribution in [0.2, 0.25) is 0 Å². The van der Waals surface area contributed by atoms with Gasteiger partial charge in [-0.25, -0.2) is 15.0 Å². The number of nitriles is 1. The third-order valence-electron chi connectivity index (χ3n) is 16.8. The fourth-order valence-electron chi connectivity index (χ4n) is 12.9. The van der Waals surface area contributed by atoms with Crippen molar-refractivity contribution in [3.63, 3.8) is 0 Å². The number of rotatable bonds is 9. The Labute approximate surface area is 497 Å². The SMILES string of the molecule is N#Cc1ccc(-n2c3ccc(-c4ccccc4)cc3c3cc(-c4ccccc4)ccc32)c(-c2nc(-c3ccccc3)nc(-c3ccc(-n4c5ccccc5c5ccccc54)c(-c4cccc(C(F)(F)F)c4-n4c5ccccc5c5ccccc54)c3)n2)c1. The zero-order chi connectivity index (χ0) is 58.3. The van der Waals surface area contributed by atoms with E-state index in [2.05, 4.69) is 88.0 Å². The fourth-order valence-corrected chi connectivity index (χ4v) is 12.9. The molecule has 4 aromatic heterocycles. The zero-order valence-corrected chi connectivity index (χ0v) is 46.3. The lowest BCUT2D eigenvalue weighted by molar-refractivity contribution is -0.137. The van der Waals surface area contributed by atoms with E-state index in [1.54, 1.807) is 10.6 Å². The number of aromatic nitrogens is 6. The molecule has 0 aliphatic rings. The molecule has 0 amide bonds. The van der Waals surface area contributed by atoms with Gasteiger partial charge in [-0.05, 0) is 113 Å². The van der Waals surface area contributed by atoms with Gasteiger partial charge in [-0.15, -0.1) is 0 Å². The maximum Gasteiger partial charge on any atom is 0.418 e. The lowest BCUT2D eigenvalue weighted by Gasteiger charge is -2.23. The Kier molecular flexibility index (Phi) is 11.9. The normalized spacial score (nSPS) is 11.8. The summed E-state index contributed by atoms with van der Waals surface area (Å²) in [6.45, 7) is 0. The number of nitrogens with zero attached hydrogens (tertiary/aromatic N) is 7. The summed E-state index contributed by atoms with van der Waals surface area (Å²) < 4.78 is 54.6. The van der Waals surface area contributed by atoms with E-state index in [9.17, 15) is 5.26 Å². The smallest absolute Gasteiger partial charge is 0.309 e. The molecule has 16 aromatic rings. The molecule has 0 aliphatic heterocycles. The van der Waals surface area contributed by atoms with Crippen molar-refractivity contribution < 1.29 is 13.2 Å². The summed E-state index contributed by atoms with van der Waals surface area (Å²) in [7, 11) is 0. The highest BCUT2D eigenvalue weighted by Crippen LogP contribution is 2.47. The largest absolute Gasteiger partial charge is 0.418 e. The van der Waals surface area contributed by atoms with Gasteiger partial charge in [0.2, 0.25) is 0 Å². The highest BCUT2D eigenvalue weighted by Gasteiger charge is 2.37. The highest BCUT2D eigenvalue weighted by atomic mass is 19.4. The molecule has 10 heteroatoms. The van der Waals surface area contributed by atoms with E-state index in [0.717, 1.165) is 82.3 Å². The molecule has 0 unspecified atom stereocenters. The number of benzene rings is 12. The van der Waals surface area contributed by atoms with Crippen molar-refractivity contribution in [3.05, 3.63) is 290 Å². The third-order valence-corrected chi connectivity index (χ3v) is 16.8. The standard InChI is InChI=1S/C77H46F3N7/c78-77(79,80)64-30-18-29-59(73(64)87-67-33-16-12-27-57(67)58-28-13-17-34-68(58)87)60-46-54(38-42-69(60)85-65-31-14-10-25-55(65)56-26-11-15-32-66(56)85)75-82-74(51-23-8-3-9-24-51)83-76(84-75)63-43-48(47-81)35-39-72(63)86-70-40-36-52(49-19-4-1-5-20-49)44-61(70)62-45-53(37-41-71(62)86)50-21-6-2-7-22-50/h1-46H. The molecule has 0 radical (unpaired) electrons. The van der Waals surface area contributed by atoms with E-state index in [0.29, 0.717) is 61.8 Å². The van der Waals surface area contributed by atoms with E-state index in [1.807, 2.05) is 188 Å². The van der Waals surface area contributed by atoms with E-state index in [1.165, 1.54) is 12.1 Å². The van der Waals surface area contributed by atoms with Crippen molar-refractivity contribution in [1.82, 2.24) is 28.7 Å². The van der Waals surface area contributed by atoms with Crippen LogP contribution in [0.3, 0.4) is 0 Å². The first-order valence-corrected chi connectivity index (χ1v) is 28.6. The van der Waals surface area contributed by atoms with Crippen molar-refractivity contribution in [2.75, 3.05) is 0 Å². The van der Waals surface area contributed by atoms with Crippen molar-refractivity contribution in [1.29, 1.82) is 5.26 Å². The van der Waals surface area contributed by atoms with Crippen LogP contribution in [0.15, 0.2) is 279 Å². The first kappa shape index (κ1) is 51.0. The van der Waals surface area contributed by atoms with Gasteiger partial charge < -0.3 is 13.7 Å². The van der Waals surface area contributed by atoms with Crippen LogP contribution in [-0.4, -0.2) is 28.7 Å². The summed E-state index contributed by atoms with van der Waals surface area (Å²) in [4.78, 5) is 16.0. The summed E-state index contributed by atoms with van der Waals surface area (Å²) in [6.07, 6.45) is -4.77. The average molecular weight is 1130 g/mol. The van der Waals surface area contributed by atoms with E-state index in [4.69, 9.17) is 15.0 Å². The minimum absolute atomic E-state index is 0.0150. The Morgan fingerprint density at radius 2 is 0.713 bits per heavy atom. The van der Waals surface area contributed by atoms with E-state index < -0.39 is 11.7 Å². The quantitative estimate of drug-likeness (QED) is 0.144. The second-order valence-electron chi connectivity index (χ2n) is 21.7. The Bertz CT molecular complexity index is 5260. The number of halogens is 3. The molecule has 0 N–H and O–H groups in total. The van der Waals surface area contributed by atoms with Crippen LogP contribution in [0.25, 0.3) is 150 Å². The first-order valence-electron chi connectivity index (χ1n) is 28.6. The van der Waals surface area contributed by atoms with Crippen LogP contribution >= 0.6 is 0 Å². The lowest BCUT2D eigenvalue weighted by atomic mass is 9.95. The number of fused-ring (bicyclic) bond motifs is 9. The molecule has 0 saturated carbocycles. The van der Waals surface area contributed by atoms with Crippen LogP contribution in [-0.2, 0) is 6.18 Å². The highest BCUT2D eigenvalue weighted by molar-refractivity contribution is 6.14. The van der Waals surface area contributed by atoms with Gasteiger partial charge in [0.15, 0.2) is 17.5 Å². The molecule has 0 atom stereocenters. The van der Waals surface area contributed by atoms with Crippen molar-refractivity contribution in [2.45, 2.75) is 6.18 Å². The molecule has 0 saturated heterocycles. The maximum atomic E-state index is 16.2. The van der Waals surface area contributed by atoms with Gasteiger partial charge in [-0.3, -0.25) is 0 Å². The Hall–Kier alpha value is -11.7. The molecule has 12 aromatic carbocycles. The number of hydrogen-bond acceptors (Lipinski definition) is 4. The van der Waals surface area contributed by atoms with Gasteiger partial charge in [-0.2, -0.15) is 18.4 Å². The lowest BCUT2D eigenvalue weighted by Crippen LogP contribution is -2.12. The van der Waals surface area contributed by atoms with Gasteiger partial charge in [0.1, 0.15) is 0 Å². The Morgan fingerprint density at radius 3 is 1.22 bits per heavy atom.